The molecule has 0 aliphatic heterocycles. The Balaban J connectivity index is 0.00000342. The van der Waals surface area contributed by atoms with Gasteiger partial charge in [0, 0.05) is 23.2 Å². The van der Waals surface area contributed by atoms with Crippen molar-refractivity contribution in [3.05, 3.63) is 23.8 Å². The van der Waals surface area contributed by atoms with Crippen LogP contribution in [0.2, 0.25) is 0 Å². The quantitative estimate of drug-likeness (QED) is 0.466. The van der Waals surface area contributed by atoms with E-state index in [0.29, 0.717) is 37.8 Å². The third-order valence-electron chi connectivity index (χ3n) is 9.60. The van der Waals surface area contributed by atoms with E-state index in [0.717, 1.165) is 0 Å². The van der Waals surface area contributed by atoms with E-state index in [1.807, 2.05) is 0 Å². The number of esters is 1. The molecule has 35 heavy (non-hydrogen) atoms. The highest BCUT2D eigenvalue weighted by Gasteiger charge is 2.75. The van der Waals surface area contributed by atoms with Crippen LogP contribution in [0.4, 0.5) is 4.39 Å². The Bertz CT molecular complexity index is 969. The molecule has 7 nitrogen and oxygen atoms in total. The Morgan fingerprint density at radius 1 is 1.29 bits per heavy atom. The minimum Gasteiger partial charge on any atom is -0.458 e. The van der Waals surface area contributed by atoms with E-state index < -0.39 is 58.4 Å². The van der Waals surface area contributed by atoms with Crippen LogP contribution in [0.1, 0.15) is 59.3 Å². The fourth-order valence-electron chi connectivity index (χ4n) is 7.72. The zero-order valence-electron chi connectivity index (χ0n) is 20.6. The van der Waals surface area contributed by atoms with E-state index >= 15 is 4.39 Å². The molecule has 0 aromatic heterocycles. The van der Waals surface area contributed by atoms with Crippen molar-refractivity contribution in [3.8, 4) is 0 Å². The Labute approximate surface area is 211 Å². The SMILES string of the molecule is C[C@H]1C[C@H]2[C@@H]3CCC4=CC(=O)C=C[C@]4(C)[C@@]3(F)[C@@H](O)C[C@]2(C)[C@@]1(O)C(=O)COC(=O)CCCN.Cl. The van der Waals surface area contributed by atoms with Gasteiger partial charge in [-0.2, -0.15) is 0 Å². The molecule has 0 aromatic rings. The van der Waals surface area contributed by atoms with Gasteiger partial charge in [-0.05, 0) is 69.6 Å². The Kier molecular flexibility index (Phi) is 7.48. The van der Waals surface area contributed by atoms with Crippen LogP contribution >= 0.6 is 12.4 Å². The van der Waals surface area contributed by atoms with Crippen LogP contribution in [-0.2, 0) is 19.1 Å². The molecular formula is C26H37ClFNO6. The molecule has 0 bridgehead atoms. The third-order valence-corrected chi connectivity index (χ3v) is 9.60. The molecule has 9 heteroatoms. The molecule has 0 heterocycles. The van der Waals surface area contributed by atoms with E-state index in [9.17, 15) is 24.6 Å². The van der Waals surface area contributed by atoms with Crippen molar-refractivity contribution < 1.29 is 33.7 Å². The maximum atomic E-state index is 17.1. The van der Waals surface area contributed by atoms with Crippen LogP contribution in [0.15, 0.2) is 23.8 Å². The number of ether oxygens (including phenoxy) is 1. The van der Waals surface area contributed by atoms with Gasteiger partial charge in [0.05, 0.1) is 6.10 Å². The van der Waals surface area contributed by atoms with Crippen molar-refractivity contribution in [1.82, 2.24) is 0 Å². The first-order valence-electron chi connectivity index (χ1n) is 12.3. The molecular weight excluding hydrogens is 477 g/mol. The number of ketones is 2. The number of Topliss-reactive ketones (excluding diaryl/α,β-unsaturated/α-hetero) is 1. The average molecular weight is 514 g/mol. The zero-order valence-corrected chi connectivity index (χ0v) is 21.4. The molecule has 0 radical (unpaired) electrons. The first-order chi connectivity index (χ1) is 15.9. The highest BCUT2D eigenvalue weighted by Crippen LogP contribution is 2.70. The van der Waals surface area contributed by atoms with Crippen LogP contribution < -0.4 is 5.73 Å². The maximum Gasteiger partial charge on any atom is 0.306 e. The highest BCUT2D eigenvalue weighted by atomic mass is 35.5. The van der Waals surface area contributed by atoms with Crippen LogP contribution in [-0.4, -0.2) is 58.3 Å². The predicted octanol–water partition coefficient (Wildman–Crippen LogP) is 2.61. The third kappa shape index (κ3) is 3.74. The molecule has 4 aliphatic rings. The number of nitrogens with two attached hydrogens (primary N) is 1. The minimum atomic E-state index is -2.03. The molecule has 0 saturated heterocycles. The summed E-state index contributed by atoms with van der Waals surface area (Å²) in [5.74, 6) is -2.81. The standard InChI is InChI=1S/C26H36FNO6.ClH/c1-15-11-19-18-7-6-16-12-17(29)8-9-23(16,2)25(18,27)20(30)13-24(19,3)26(15,33)21(31)14-34-22(32)5-4-10-28;/h8-9,12,15,18-20,30,33H,4-7,10-11,13-14,28H2,1-3H3;1H/t15-,18-,19-,20-,23-,24-,25-,26-;/m0./s1. The maximum absolute atomic E-state index is 17.1. The van der Waals surface area contributed by atoms with Gasteiger partial charge in [-0.15, -0.1) is 12.4 Å². The van der Waals surface area contributed by atoms with Crippen molar-refractivity contribution in [1.29, 1.82) is 0 Å². The number of allylic oxidation sites excluding steroid dienone is 4. The summed E-state index contributed by atoms with van der Waals surface area (Å²) in [5.41, 5.74) is -0.0103. The summed E-state index contributed by atoms with van der Waals surface area (Å²) in [6.07, 6.45) is 4.76. The van der Waals surface area contributed by atoms with Gasteiger partial charge in [-0.3, -0.25) is 14.4 Å². The van der Waals surface area contributed by atoms with E-state index in [2.05, 4.69) is 0 Å². The smallest absolute Gasteiger partial charge is 0.306 e. The summed E-state index contributed by atoms with van der Waals surface area (Å²) >= 11 is 0. The number of hydrogen-bond donors (Lipinski definition) is 3. The van der Waals surface area contributed by atoms with Gasteiger partial charge < -0.3 is 20.7 Å². The summed E-state index contributed by atoms with van der Waals surface area (Å²) in [7, 11) is 0. The number of halogens is 2. The summed E-state index contributed by atoms with van der Waals surface area (Å²) in [6, 6.07) is 0. The van der Waals surface area contributed by atoms with E-state index in [4.69, 9.17) is 10.5 Å². The molecule has 4 aliphatic carbocycles. The summed E-state index contributed by atoms with van der Waals surface area (Å²) in [4.78, 5) is 37.2. The predicted molar refractivity (Wildman–Crippen MR) is 129 cm³/mol. The number of rotatable bonds is 6. The average Bonchev–Trinajstić information content (AvgIpc) is 2.99. The van der Waals surface area contributed by atoms with Crippen LogP contribution in [0.3, 0.4) is 0 Å². The Hall–Kier alpha value is -1.61. The number of fused-ring (bicyclic) bond motifs is 5. The molecule has 4 rings (SSSR count). The number of aliphatic hydroxyl groups is 2. The summed E-state index contributed by atoms with van der Waals surface area (Å²) in [5, 5.41) is 23.2. The first-order valence-corrected chi connectivity index (χ1v) is 12.3. The second-order valence-electron chi connectivity index (χ2n) is 11.1. The molecule has 0 amide bonds. The lowest BCUT2D eigenvalue weighted by molar-refractivity contribution is -0.220. The number of aliphatic hydroxyl groups excluding tert-OH is 1. The lowest BCUT2D eigenvalue weighted by Gasteiger charge is -2.62. The first kappa shape index (κ1) is 28.0. The second kappa shape index (κ2) is 9.36. The number of carbonyl (C=O) groups excluding carboxylic acids is 3. The minimum absolute atomic E-state index is 0. The van der Waals surface area contributed by atoms with E-state index in [1.54, 1.807) is 26.8 Å². The fourth-order valence-corrected chi connectivity index (χ4v) is 7.72. The summed E-state index contributed by atoms with van der Waals surface area (Å²) < 4.78 is 22.2. The van der Waals surface area contributed by atoms with Crippen molar-refractivity contribution >= 4 is 29.9 Å². The van der Waals surface area contributed by atoms with Crippen molar-refractivity contribution in [2.24, 2.45) is 34.3 Å². The molecule has 8 atom stereocenters. The van der Waals surface area contributed by atoms with Crippen LogP contribution in [0, 0.1) is 28.6 Å². The van der Waals surface area contributed by atoms with Gasteiger partial charge in [0.2, 0.25) is 5.78 Å². The Morgan fingerprint density at radius 3 is 2.63 bits per heavy atom. The van der Waals surface area contributed by atoms with Gasteiger partial charge in [-0.1, -0.05) is 25.5 Å². The number of carbonyl (C=O) groups is 3. The van der Waals surface area contributed by atoms with Gasteiger partial charge in [-0.25, -0.2) is 4.39 Å². The van der Waals surface area contributed by atoms with Crippen molar-refractivity contribution in [3.63, 3.8) is 0 Å². The molecule has 196 valence electrons. The van der Waals surface area contributed by atoms with Crippen molar-refractivity contribution in [2.75, 3.05) is 13.2 Å². The lowest BCUT2D eigenvalue weighted by atomic mass is 9.44. The number of hydrogen-bond acceptors (Lipinski definition) is 7. The topological polar surface area (TPSA) is 127 Å². The molecule has 3 saturated carbocycles. The van der Waals surface area contributed by atoms with E-state index in [-0.39, 0.29) is 36.9 Å². The van der Waals surface area contributed by atoms with Gasteiger partial charge in [0.15, 0.2) is 18.1 Å². The second-order valence-corrected chi connectivity index (χ2v) is 11.1. The van der Waals surface area contributed by atoms with Gasteiger partial charge in [0.1, 0.15) is 5.60 Å². The summed E-state index contributed by atoms with van der Waals surface area (Å²) in [6.45, 7) is 5.01. The molecule has 0 aromatic carbocycles. The van der Waals surface area contributed by atoms with Crippen LogP contribution in [0.5, 0.6) is 0 Å². The monoisotopic (exact) mass is 513 g/mol. The van der Waals surface area contributed by atoms with Crippen molar-refractivity contribution in [2.45, 2.75) is 76.7 Å². The van der Waals surface area contributed by atoms with E-state index in [1.165, 1.54) is 12.2 Å². The van der Waals surface area contributed by atoms with Gasteiger partial charge >= 0.3 is 5.97 Å². The molecule has 0 spiro atoms. The molecule has 4 N–H and O–H groups in total. The number of alkyl halides is 1. The Morgan fingerprint density at radius 2 is 1.97 bits per heavy atom. The molecule has 0 unspecified atom stereocenters. The highest BCUT2D eigenvalue weighted by molar-refractivity contribution is 6.01. The van der Waals surface area contributed by atoms with Gasteiger partial charge in [0.25, 0.3) is 0 Å². The zero-order chi connectivity index (χ0) is 25.1. The normalized spacial score (nSPS) is 43.9. The fraction of sp³-hybridized carbons (Fsp3) is 0.731. The lowest BCUT2D eigenvalue weighted by Crippen LogP contribution is -2.69. The van der Waals surface area contributed by atoms with Crippen LogP contribution in [0.25, 0.3) is 0 Å². The molecule has 3 fully saturated rings. The largest absolute Gasteiger partial charge is 0.458 e.